The average Bonchev–Trinajstić information content (AvgIpc) is 2.68. The molecule has 2 rings (SSSR count). The summed E-state index contributed by atoms with van der Waals surface area (Å²) in [7, 11) is -0.265. The van der Waals surface area contributed by atoms with E-state index in [-0.39, 0.29) is 29.9 Å². The Labute approximate surface area is 139 Å². The van der Waals surface area contributed by atoms with Crippen molar-refractivity contribution in [2.24, 2.45) is 0 Å². The number of hydrogen-bond donors (Lipinski definition) is 0. The highest BCUT2D eigenvalue weighted by molar-refractivity contribution is 6.62. The van der Waals surface area contributed by atoms with Gasteiger partial charge in [0.05, 0.1) is 11.2 Å². The molecule has 0 bridgehead atoms. The van der Waals surface area contributed by atoms with E-state index in [0.717, 1.165) is 11.9 Å². The van der Waals surface area contributed by atoms with E-state index in [1.165, 1.54) is 5.56 Å². The standard InChI is InChI=1S/C17H27BO2.CO2/c1-8-15(2,3)13-9-11-14(12-10-13)18-19-16(4,5)17(6,7)20-18;2-1-3/h9-12H,8H2,1-7H3;. The van der Waals surface area contributed by atoms with E-state index in [9.17, 15) is 0 Å². The summed E-state index contributed by atoms with van der Waals surface area (Å²) in [6, 6.07) is 8.66. The molecule has 1 aromatic rings. The van der Waals surface area contributed by atoms with Gasteiger partial charge in [-0.25, -0.2) is 0 Å². The molecule has 1 fully saturated rings. The van der Waals surface area contributed by atoms with E-state index in [0.29, 0.717) is 0 Å². The number of rotatable bonds is 3. The van der Waals surface area contributed by atoms with Gasteiger partial charge in [-0.15, -0.1) is 0 Å². The van der Waals surface area contributed by atoms with Crippen molar-refractivity contribution < 1.29 is 18.9 Å². The van der Waals surface area contributed by atoms with Gasteiger partial charge in [0.2, 0.25) is 0 Å². The molecule has 1 aliphatic heterocycles. The van der Waals surface area contributed by atoms with Crippen LogP contribution in [-0.4, -0.2) is 24.5 Å². The molecule has 1 aliphatic rings. The molecule has 0 saturated carbocycles. The van der Waals surface area contributed by atoms with Crippen molar-refractivity contribution in [3.8, 4) is 0 Å². The Kier molecular flexibility index (Phi) is 5.97. The molecule has 0 N–H and O–H groups in total. The van der Waals surface area contributed by atoms with E-state index in [4.69, 9.17) is 18.9 Å². The second-order valence-electron chi connectivity index (χ2n) is 7.53. The molecule has 0 aliphatic carbocycles. The first-order valence-corrected chi connectivity index (χ1v) is 7.96. The summed E-state index contributed by atoms with van der Waals surface area (Å²) in [4.78, 5) is 16.2. The van der Waals surface area contributed by atoms with E-state index in [1.54, 1.807) is 0 Å². The third-order valence-electron chi connectivity index (χ3n) is 5.10. The first-order chi connectivity index (χ1) is 10.5. The molecule has 0 radical (unpaired) electrons. The van der Waals surface area contributed by atoms with Gasteiger partial charge in [-0.1, -0.05) is 45.0 Å². The van der Waals surface area contributed by atoms with Crippen LogP contribution in [0.1, 0.15) is 60.5 Å². The van der Waals surface area contributed by atoms with Crippen molar-refractivity contribution in [3.05, 3.63) is 29.8 Å². The van der Waals surface area contributed by atoms with Crippen LogP contribution in [0.2, 0.25) is 0 Å². The Hall–Kier alpha value is -1.42. The maximum absolute atomic E-state index is 8.12. The average molecular weight is 318 g/mol. The Bertz CT molecular complexity index is 539. The van der Waals surface area contributed by atoms with Crippen molar-refractivity contribution in [2.75, 3.05) is 0 Å². The smallest absolute Gasteiger partial charge is 0.399 e. The summed E-state index contributed by atoms with van der Waals surface area (Å²) in [6.07, 6.45) is 1.38. The maximum atomic E-state index is 8.12. The molecule has 0 amide bonds. The summed E-state index contributed by atoms with van der Waals surface area (Å²) in [6.45, 7) is 15.1. The number of hydrogen-bond acceptors (Lipinski definition) is 4. The van der Waals surface area contributed by atoms with Crippen LogP contribution in [0.4, 0.5) is 0 Å². The van der Waals surface area contributed by atoms with Crippen molar-refractivity contribution in [1.82, 2.24) is 0 Å². The molecule has 1 saturated heterocycles. The minimum Gasteiger partial charge on any atom is -0.399 e. The second-order valence-corrected chi connectivity index (χ2v) is 7.53. The zero-order chi connectivity index (χ0) is 17.9. The van der Waals surface area contributed by atoms with E-state index in [2.05, 4.69) is 72.7 Å². The first-order valence-electron chi connectivity index (χ1n) is 7.96. The molecular weight excluding hydrogens is 291 g/mol. The summed E-state index contributed by atoms with van der Waals surface area (Å²) >= 11 is 0. The minimum atomic E-state index is -0.279. The van der Waals surface area contributed by atoms with Crippen LogP contribution in [0.25, 0.3) is 0 Å². The zero-order valence-electron chi connectivity index (χ0n) is 15.2. The summed E-state index contributed by atoms with van der Waals surface area (Å²) in [5, 5.41) is 0. The summed E-state index contributed by atoms with van der Waals surface area (Å²) < 4.78 is 12.2. The Balaban J connectivity index is 0.000000816. The molecule has 1 aromatic carbocycles. The van der Waals surface area contributed by atoms with Gasteiger partial charge in [0.15, 0.2) is 0 Å². The van der Waals surface area contributed by atoms with Crippen molar-refractivity contribution in [1.29, 1.82) is 0 Å². The lowest BCUT2D eigenvalue weighted by Gasteiger charge is -2.32. The molecule has 4 nitrogen and oxygen atoms in total. The Morgan fingerprint density at radius 3 is 1.74 bits per heavy atom. The van der Waals surface area contributed by atoms with Gasteiger partial charge in [-0.05, 0) is 50.6 Å². The van der Waals surface area contributed by atoms with Gasteiger partial charge in [0, 0.05) is 0 Å². The molecule has 0 unspecified atom stereocenters. The van der Waals surface area contributed by atoms with Crippen LogP contribution < -0.4 is 5.46 Å². The highest BCUT2D eigenvalue weighted by Crippen LogP contribution is 2.36. The highest BCUT2D eigenvalue weighted by atomic mass is 16.7. The van der Waals surface area contributed by atoms with Crippen LogP contribution in [0.15, 0.2) is 24.3 Å². The van der Waals surface area contributed by atoms with Crippen molar-refractivity contribution in [2.45, 2.75) is 71.5 Å². The summed E-state index contributed by atoms with van der Waals surface area (Å²) in [5.74, 6) is 0. The zero-order valence-corrected chi connectivity index (χ0v) is 15.2. The van der Waals surface area contributed by atoms with Crippen LogP contribution in [-0.2, 0) is 24.3 Å². The van der Waals surface area contributed by atoms with E-state index in [1.807, 2.05) is 0 Å². The highest BCUT2D eigenvalue weighted by Gasteiger charge is 2.51. The van der Waals surface area contributed by atoms with Gasteiger partial charge in [-0.3, -0.25) is 0 Å². The second kappa shape index (κ2) is 7.00. The van der Waals surface area contributed by atoms with E-state index < -0.39 is 0 Å². The topological polar surface area (TPSA) is 52.6 Å². The molecule has 23 heavy (non-hydrogen) atoms. The lowest BCUT2D eigenvalue weighted by Crippen LogP contribution is -2.41. The lowest BCUT2D eigenvalue weighted by molar-refractivity contribution is -0.191. The van der Waals surface area contributed by atoms with Gasteiger partial charge in [0.1, 0.15) is 0 Å². The largest absolute Gasteiger partial charge is 0.494 e. The fraction of sp³-hybridized carbons (Fsp3) is 0.611. The molecule has 0 atom stereocenters. The van der Waals surface area contributed by atoms with Gasteiger partial charge >= 0.3 is 13.3 Å². The van der Waals surface area contributed by atoms with Crippen LogP contribution in [0.3, 0.4) is 0 Å². The minimum absolute atomic E-state index is 0.217. The molecule has 0 aromatic heterocycles. The van der Waals surface area contributed by atoms with Crippen LogP contribution in [0.5, 0.6) is 0 Å². The normalized spacial score (nSPS) is 18.8. The third kappa shape index (κ3) is 4.32. The number of benzene rings is 1. The molecular formula is C18H27BO4. The quantitative estimate of drug-likeness (QED) is 0.804. The Morgan fingerprint density at radius 1 is 1.00 bits per heavy atom. The van der Waals surface area contributed by atoms with Gasteiger partial charge < -0.3 is 9.31 Å². The van der Waals surface area contributed by atoms with Crippen LogP contribution in [0, 0.1) is 0 Å². The maximum Gasteiger partial charge on any atom is 0.494 e. The molecule has 1 heterocycles. The number of carbonyl (C=O) groups excluding carboxylic acids is 2. The van der Waals surface area contributed by atoms with Crippen molar-refractivity contribution >= 4 is 18.7 Å². The lowest BCUT2D eigenvalue weighted by atomic mass is 9.76. The molecule has 5 heteroatoms. The first kappa shape index (κ1) is 19.6. The monoisotopic (exact) mass is 318 g/mol. The molecule has 126 valence electrons. The SMILES string of the molecule is CCC(C)(C)c1ccc(B2OC(C)(C)C(C)(C)O2)cc1.O=C=O. The van der Waals surface area contributed by atoms with Crippen molar-refractivity contribution in [3.63, 3.8) is 0 Å². The Morgan fingerprint density at radius 2 is 1.39 bits per heavy atom. The fourth-order valence-electron chi connectivity index (χ4n) is 2.27. The third-order valence-corrected chi connectivity index (χ3v) is 5.10. The van der Waals surface area contributed by atoms with Crippen LogP contribution >= 0.6 is 0 Å². The predicted octanol–water partition coefficient (Wildman–Crippen LogP) is 3.09. The molecule has 0 spiro atoms. The summed E-state index contributed by atoms with van der Waals surface area (Å²) in [5.41, 5.74) is 2.12. The predicted molar refractivity (Wildman–Crippen MR) is 90.5 cm³/mol. The van der Waals surface area contributed by atoms with E-state index >= 15 is 0 Å². The van der Waals surface area contributed by atoms with Gasteiger partial charge in [-0.2, -0.15) is 9.59 Å². The van der Waals surface area contributed by atoms with Gasteiger partial charge in [0.25, 0.3) is 0 Å². The fourth-order valence-corrected chi connectivity index (χ4v) is 2.27.